The number of aryl methyl sites for hydroxylation is 2. The van der Waals surface area contributed by atoms with Gasteiger partial charge in [-0.3, -0.25) is 0 Å². The number of hydrogen-bond donors (Lipinski definition) is 0. The summed E-state index contributed by atoms with van der Waals surface area (Å²) >= 11 is -2.77. The van der Waals surface area contributed by atoms with Crippen molar-refractivity contribution in [1.82, 2.24) is 9.97 Å². The van der Waals surface area contributed by atoms with Gasteiger partial charge in [0.1, 0.15) is 0 Å². The van der Waals surface area contributed by atoms with Gasteiger partial charge in [0.2, 0.25) is 0 Å². The molecule has 0 bridgehead atoms. The summed E-state index contributed by atoms with van der Waals surface area (Å²) in [5, 5.41) is 0. The van der Waals surface area contributed by atoms with E-state index >= 15 is 0 Å². The summed E-state index contributed by atoms with van der Waals surface area (Å²) < 4.78 is 4.13. The Morgan fingerprint density at radius 1 is 0.583 bits per heavy atom. The van der Waals surface area contributed by atoms with Crippen LogP contribution in [0.2, 0.25) is 0 Å². The van der Waals surface area contributed by atoms with E-state index in [1.807, 2.05) is 12.4 Å². The molecule has 0 radical (unpaired) electrons. The van der Waals surface area contributed by atoms with E-state index in [0.29, 0.717) is 11.8 Å². The molecule has 0 N–H and O–H groups in total. The van der Waals surface area contributed by atoms with Crippen molar-refractivity contribution in [3.63, 3.8) is 0 Å². The Balaban J connectivity index is 0.00000520. The van der Waals surface area contributed by atoms with Crippen LogP contribution in [0.25, 0.3) is 22.5 Å². The minimum absolute atomic E-state index is 0. The average Bonchev–Trinajstić information content (AvgIpc) is 3.01. The number of hydrogen-bond acceptors (Lipinski definition) is 2. The van der Waals surface area contributed by atoms with E-state index in [9.17, 15) is 0 Å². The predicted molar refractivity (Wildman–Crippen MR) is 203 cm³/mol. The molecule has 0 fully saturated rings. The quantitative estimate of drug-likeness (QED) is 0.120. The fourth-order valence-electron chi connectivity index (χ4n) is 5.93. The van der Waals surface area contributed by atoms with E-state index in [4.69, 9.17) is 9.97 Å². The first-order chi connectivity index (χ1) is 22.0. The van der Waals surface area contributed by atoms with E-state index in [1.165, 1.54) is 43.9 Å². The van der Waals surface area contributed by atoms with Crippen LogP contribution >= 0.6 is 0 Å². The normalized spacial score (nSPS) is 12.1. The molecular weight excluding hydrogens is 873 g/mol. The Bertz CT molecular complexity index is 1760. The molecule has 0 aliphatic rings. The Kier molecular flexibility index (Phi) is 12.1. The van der Waals surface area contributed by atoms with E-state index < -0.39 is 20.2 Å². The molecule has 0 amide bonds. The Labute approximate surface area is 312 Å². The maximum absolute atomic E-state index is 4.89. The second-order valence-electron chi connectivity index (χ2n) is 15.7. The van der Waals surface area contributed by atoms with Crippen molar-refractivity contribution < 1.29 is 21.1 Å². The van der Waals surface area contributed by atoms with Crippen molar-refractivity contribution in [1.29, 1.82) is 0 Å². The van der Waals surface area contributed by atoms with Crippen LogP contribution in [0.4, 0.5) is 0 Å². The molecule has 5 rings (SSSR count). The van der Waals surface area contributed by atoms with Crippen molar-refractivity contribution in [2.24, 2.45) is 0 Å². The number of benzene rings is 3. The summed E-state index contributed by atoms with van der Waals surface area (Å²) in [6, 6.07) is 33.1. The molecule has 2 nitrogen and oxygen atoms in total. The molecule has 252 valence electrons. The Hall–Kier alpha value is -2.53. The first kappa shape index (κ1) is 38.3. The van der Waals surface area contributed by atoms with E-state index in [2.05, 4.69) is 162 Å². The predicted octanol–water partition coefficient (Wildman–Crippen LogP) is 9.38. The monoisotopic (exact) mass is 923 g/mol. The van der Waals surface area contributed by atoms with Gasteiger partial charge in [0.15, 0.2) is 0 Å². The molecule has 4 heteroatoms. The van der Waals surface area contributed by atoms with Gasteiger partial charge in [-0.15, -0.1) is 0 Å². The van der Waals surface area contributed by atoms with Crippen LogP contribution in [0.3, 0.4) is 0 Å². The molecular formula is C44H51N2PtSb. The second-order valence-corrected chi connectivity index (χ2v) is 21.6. The van der Waals surface area contributed by atoms with Crippen LogP contribution in [0.15, 0.2) is 79.1 Å². The SMILES string of the molecule is Cc1cccc(C)[c]1[Sb]([c]1[c-]c(-c2cc(C(C)C)ccn2)cc(C(C)(C)C)c1)[c]1[c-]c(-c2cc(C(C)C)ccn2)cc(C(C)(C)C)c1.[Pt+2]. The molecule has 2 heterocycles. The summed E-state index contributed by atoms with van der Waals surface area (Å²) in [4.78, 5) is 9.78. The minimum atomic E-state index is -2.77. The largest absolute Gasteiger partial charge is 2.00 e. The van der Waals surface area contributed by atoms with Gasteiger partial charge in [-0.2, -0.15) is 0 Å². The molecule has 0 atom stereocenters. The Morgan fingerprint density at radius 3 is 1.33 bits per heavy atom. The van der Waals surface area contributed by atoms with Crippen LogP contribution in [-0.4, -0.2) is 30.2 Å². The van der Waals surface area contributed by atoms with Gasteiger partial charge in [0.05, 0.1) is 0 Å². The van der Waals surface area contributed by atoms with Crippen LogP contribution in [0.5, 0.6) is 0 Å². The third-order valence-electron chi connectivity index (χ3n) is 9.04. The van der Waals surface area contributed by atoms with Gasteiger partial charge in [-0.05, 0) is 0 Å². The van der Waals surface area contributed by atoms with Gasteiger partial charge in [0.25, 0.3) is 0 Å². The second kappa shape index (κ2) is 15.2. The summed E-state index contributed by atoms with van der Waals surface area (Å²) in [6.07, 6.45) is 3.91. The molecule has 0 saturated carbocycles. The minimum Gasteiger partial charge on any atom is 2.00 e. The van der Waals surface area contributed by atoms with Crippen LogP contribution in [-0.2, 0) is 31.9 Å². The van der Waals surface area contributed by atoms with Crippen molar-refractivity contribution in [3.05, 3.63) is 125 Å². The first-order valence-corrected chi connectivity index (χ1v) is 20.8. The van der Waals surface area contributed by atoms with Crippen LogP contribution in [0.1, 0.15) is 114 Å². The molecule has 3 aromatic carbocycles. The van der Waals surface area contributed by atoms with Crippen molar-refractivity contribution in [3.8, 4) is 22.5 Å². The van der Waals surface area contributed by atoms with Gasteiger partial charge in [0, 0.05) is 0 Å². The number of nitrogens with zero attached hydrogens (tertiary/aromatic N) is 2. The number of rotatable bonds is 7. The molecule has 5 aromatic rings. The third kappa shape index (κ3) is 8.60. The van der Waals surface area contributed by atoms with E-state index in [-0.39, 0.29) is 31.9 Å². The zero-order valence-corrected chi connectivity index (χ0v) is 35.6. The van der Waals surface area contributed by atoms with Crippen LogP contribution < -0.4 is 10.5 Å². The van der Waals surface area contributed by atoms with Gasteiger partial charge >= 0.3 is 315 Å². The summed E-state index contributed by atoms with van der Waals surface area (Å²) in [7, 11) is 0. The standard InChI is InChI=1S/2C18H21N.C8H9.Pt.Sb/c2*1-13(2)14-9-10-19-17(12-14)15-7-6-8-16(11-15)18(3,4)5;1-7-4-3-5-8(2)6-7;;/h2*8-13H,1-5H3;3-5H,1-2H3;;/q2*-1;;+2;. The van der Waals surface area contributed by atoms with Gasteiger partial charge < -0.3 is 0 Å². The summed E-state index contributed by atoms with van der Waals surface area (Å²) in [5.74, 6) is 0.857. The smallest absolute Gasteiger partial charge is 2.00 e. The summed E-state index contributed by atoms with van der Waals surface area (Å²) in [5.41, 5.74) is 12.0. The molecule has 0 aliphatic heterocycles. The zero-order chi connectivity index (χ0) is 34.3. The Morgan fingerprint density at radius 2 is 0.979 bits per heavy atom. The zero-order valence-electron chi connectivity index (χ0n) is 30.8. The number of pyridine rings is 2. The molecule has 48 heavy (non-hydrogen) atoms. The molecule has 0 unspecified atom stereocenters. The molecule has 2 aromatic heterocycles. The fraction of sp³-hybridized carbons (Fsp3) is 0.364. The van der Waals surface area contributed by atoms with Crippen molar-refractivity contribution in [2.45, 2.75) is 106 Å². The topological polar surface area (TPSA) is 25.8 Å². The maximum atomic E-state index is 4.89. The molecule has 0 saturated heterocycles. The van der Waals surface area contributed by atoms with E-state index in [0.717, 1.165) is 22.5 Å². The van der Waals surface area contributed by atoms with Gasteiger partial charge in [-0.25, -0.2) is 0 Å². The number of aromatic nitrogens is 2. The molecule has 0 spiro atoms. The van der Waals surface area contributed by atoms with Crippen molar-refractivity contribution >= 4 is 30.7 Å². The van der Waals surface area contributed by atoms with Crippen LogP contribution in [0, 0.1) is 26.0 Å². The summed E-state index contributed by atoms with van der Waals surface area (Å²) in [6.45, 7) is 27.4. The van der Waals surface area contributed by atoms with Gasteiger partial charge in [-0.1, -0.05) is 0 Å². The molecule has 0 aliphatic carbocycles. The maximum Gasteiger partial charge on any atom is 2.00 e. The average molecular weight is 925 g/mol. The fourth-order valence-corrected chi connectivity index (χ4v) is 13.3. The first-order valence-electron chi connectivity index (χ1n) is 17.0. The van der Waals surface area contributed by atoms with E-state index in [1.54, 1.807) is 0 Å². The van der Waals surface area contributed by atoms with Crippen molar-refractivity contribution in [2.75, 3.05) is 0 Å². The third-order valence-corrected chi connectivity index (χ3v) is 16.5.